The van der Waals surface area contributed by atoms with E-state index in [0.717, 1.165) is 16.7 Å². The zero-order valence-corrected chi connectivity index (χ0v) is 11.1. The number of aliphatic hydroxyl groups excluding tert-OH is 1. The van der Waals surface area contributed by atoms with Gasteiger partial charge in [-0.15, -0.1) is 0 Å². The fraction of sp³-hybridized carbons (Fsp3) is 0.200. The Morgan fingerprint density at radius 3 is 2.53 bits per heavy atom. The minimum Gasteiger partial charge on any atom is -0.454 e. The van der Waals surface area contributed by atoms with Gasteiger partial charge in [-0.1, -0.05) is 29.8 Å². The maximum Gasteiger partial charge on any atom is 0.231 e. The van der Waals surface area contributed by atoms with E-state index in [1.54, 1.807) is 18.2 Å². The van der Waals surface area contributed by atoms with Crippen molar-refractivity contribution in [2.45, 2.75) is 13.0 Å². The summed E-state index contributed by atoms with van der Waals surface area (Å²) in [5.41, 5.74) is 2.50. The van der Waals surface area contributed by atoms with Crippen molar-refractivity contribution < 1.29 is 14.6 Å². The van der Waals surface area contributed by atoms with E-state index in [4.69, 9.17) is 21.1 Å². The first-order chi connectivity index (χ1) is 9.15. The molecule has 1 heterocycles. The maximum atomic E-state index is 10.4. The van der Waals surface area contributed by atoms with Crippen LogP contribution in [-0.4, -0.2) is 11.9 Å². The third-order valence-electron chi connectivity index (χ3n) is 3.22. The van der Waals surface area contributed by atoms with Crippen LogP contribution in [0.15, 0.2) is 36.4 Å². The fourth-order valence-corrected chi connectivity index (χ4v) is 2.24. The molecule has 0 fully saturated rings. The largest absolute Gasteiger partial charge is 0.454 e. The average Bonchev–Trinajstić information content (AvgIpc) is 2.88. The van der Waals surface area contributed by atoms with Gasteiger partial charge < -0.3 is 14.6 Å². The number of aliphatic hydroxyl groups is 1. The van der Waals surface area contributed by atoms with E-state index in [1.807, 2.05) is 25.1 Å². The molecule has 0 saturated heterocycles. The summed E-state index contributed by atoms with van der Waals surface area (Å²) in [7, 11) is 0. The molecule has 4 heteroatoms. The van der Waals surface area contributed by atoms with Crippen LogP contribution in [-0.2, 0) is 0 Å². The van der Waals surface area contributed by atoms with Crippen molar-refractivity contribution in [3.63, 3.8) is 0 Å². The molecule has 98 valence electrons. The first kappa shape index (κ1) is 12.3. The molecule has 0 bridgehead atoms. The van der Waals surface area contributed by atoms with Crippen LogP contribution < -0.4 is 9.47 Å². The highest BCUT2D eigenvalue weighted by Gasteiger charge is 2.18. The van der Waals surface area contributed by atoms with Crippen LogP contribution >= 0.6 is 11.6 Å². The molecule has 1 aliphatic rings. The molecule has 0 aromatic heterocycles. The van der Waals surface area contributed by atoms with Crippen LogP contribution in [0.3, 0.4) is 0 Å². The standard InChI is InChI=1S/C15H13ClO3/c1-9-2-3-10(6-12(9)16)15(17)11-4-5-13-14(7-11)19-8-18-13/h2-7,15,17H,8H2,1H3. The number of halogens is 1. The Morgan fingerprint density at radius 1 is 1.05 bits per heavy atom. The van der Waals surface area contributed by atoms with E-state index < -0.39 is 6.10 Å². The van der Waals surface area contributed by atoms with Crippen molar-refractivity contribution in [3.8, 4) is 11.5 Å². The molecule has 0 aliphatic carbocycles. The number of aryl methyl sites for hydroxylation is 1. The van der Waals surface area contributed by atoms with Gasteiger partial charge in [0.25, 0.3) is 0 Å². The summed E-state index contributed by atoms with van der Waals surface area (Å²) in [6, 6.07) is 11.0. The number of rotatable bonds is 2. The second-order valence-corrected chi connectivity index (χ2v) is 4.93. The molecule has 0 spiro atoms. The minimum atomic E-state index is -0.729. The highest BCUT2D eigenvalue weighted by Crippen LogP contribution is 2.36. The van der Waals surface area contributed by atoms with Crippen molar-refractivity contribution in [3.05, 3.63) is 58.1 Å². The van der Waals surface area contributed by atoms with Crippen LogP contribution in [0.5, 0.6) is 11.5 Å². The van der Waals surface area contributed by atoms with Gasteiger partial charge in [-0.2, -0.15) is 0 Å². The smallest absolute Gasteiger partial charge is 0.231 e. The summed E-state index contributed by atoms with van der Waals surface area (Å²) >= 11 is 6.08. The van der Waals surface area contributed by atoms with E-state index in [0.29, 0.717) is 16.5 Å². The molecule has 0 radical (unpaired) electrons. The predicted molar refractivity (Wildman–Crippen MR) is 72.8 cm³/mol. The van der Waals surface area contributed by atoms with Crippen LogP contribution in [0.4, 0.5) is 0 Å². The van der Waals surface area contributed by atoms with Gasteiger partial charge in [0.05, 0.1) is 0 Å². The topological polar surface area (TPSA) is 38.7 Å². The summed E-state index contributed by atoms with van der Waals surface area (Å²) in [6.45, 7) is 2.16. The Kier molecular flexibility index (Phi) is 3.09. The molecule has 1 N–H and O–H groups in total. The third kappa shape index (κ3) is 2.27. The van der Waals surface area contributed by atoms with Crippen LogP contribution in [0.1, 0.15) is 22.8 Å². The lowest BCUT2D eigenvalue weighted by atomic mass is 10.00. The van der Waals surface area contributed by atoms with Gasteiger partial charge in [0.15, 0.2) is 11.5 Å². The van der Waals surface area contributed by atoms with Crippen LogP contribution in [0, 0.1) is 6.92 Å². The predicted octanol–water partition coefficient (Wildman–Crippen LogP) is 3.46. The number of hydrogen-bond acceptors (Lipinski definition) is 3. The summed E-state index contributed by atoms with van der Waals surface area (Å²) in [4.78, 5) is 0. The number of hydrogen-bond donors (Lipinski definition) is 1. The quantitative estimate of drug-likeness (QED) is 0.913. The summed E-state index contributed by atoms with van der Waals surface area (Å²) in [5, 5.41) is 11.0. The van der Waals surface area contributed by atoms with E-state index in [9.17, 15) is 5.11 Å². The zero-order valence-electron chi connectivity index (χ0n) is 10.4. The first-order valence-electron chi connectivity index (χ1n) is 5.99. The molecule has 1 aliphatic heterocycles. The lowest BCUT2D eigenvalue weighted by Gasteiger charge is -2.13. The molecule has 3 nitrogen and oxygen atoms in total. The summed E-state index contributed by atoms with van der Waals surface area (Å²) < 4.78 is 10.6. The lowest BCUT2D eigenvalue weighted by Crippen LogP contribution is -2.00. The molecule has 0 saturated carbocycles. The Balaban J connectivity index is 1.94. The Bertz CT molecular complexity index is 625. The van der Waals surface area contributed by atoms with E-state index in [1.165, 1.54) is 0 Å². The number of ether oxygens (including phenoxy) is 2. The van der Waals surface area contributed by atoms with Gasteiger partial charge in [0.1, 0.15) is 6.10 Å². The van der Waals surface area contributed by atoms with Gasteiger partial charge in [0.2, 0.25) is 6.79 Å². The SMILES string of the molecule is Cc1ccc(C(O)c2ccc3c(c2)OCO3)cc1Cl. The van der Waals surface area contributed by atoms with E-state index in [-0.39, 0.29) is 6.79 Å². The van der Waals surface area contributed by atoms with Gasteiger partial charge in [-0.25, -0.2) is 0 Å². The maximum absolute atomic E-state index is 10.4. The number of fused-ring (bicyclic) bond motifs is 1. The van der Waals surface area contributed by atoms with Crippen molar-refractivity contribution in [2.24, 2.45) is 0 Å². The van der Waals surface area contributed by atoms with Crippen molar-refractivity contribution >= 4 is 11.6 Å². The van der Waals surface area contributed by atoms with Crippen LogP contribution in [0.25, 0.3) is 0 Å². The normalized spacial score (nSPS) is 14.5. The summed E-state index contributed by atoms with van der Waals surface area (Å²) in [5.74, 6) is 1.37. The molecule has 2 aromatic carbocycles. The minimum absolute atomic E-state index is 0.227. The molecule has 19 heavy (non-hydrogen) atoms. The van der Waals surface area contributed by atoms with Crippen LogP contribution in [0.2, 0.25) is 5.02 Å². The highest BCUT2D eigenvalue weighted by atomic mass is 35.5. The third-order valence-corrected chi connectivity index (χ3v) is 3.63. The van der Waals surface area contributed by atoms with Gasteiger partial charge in [-0.05, 0) is 41.8 Å². The molecule has 1 atom stereocenters. The molecule has 0 amide bonds. The van der Waals surface area contributed by atoms with Crippen molar-refractivity contribution in [2.75, 3.05) is 6.79 Å². The number of benzene rings is 2. The Labute approximate surface area is 116 Å². The molecular formula is C15H13ClO3. The molecular weight excluding hydrogens is 264 g/mol. The summed E-state index contributed by atoms with van der Waals surface area (Å²) in [6.07, 6.45) is -0.729. The fourth-order valence-electron chi connectivity index (χ4n) is 2.05. The van der Waals surface area contributed by atoms with Crippen molar-refractivity contribution in [1.29, 1.82) is 0 Å². The van der Waals surface area contributed by atoms with Gasteiger partial charge in [-0.3, -0.25) is 0 Å². The average molecular weight is 277 g/mol. The lowest BCUT2D eigenvalue weighted by molar-refractivity contribution is 0.173. The van der Waals surface area contributed by atoms with E-state index in [2.05, 4.69) is 0 Å². The second kappa shape index (κ2) is 4.76. The molecule has 3 rings (SSSR count). The first-order valence-corrected chi connectivity index (χ1v) is 6.36. The molecule has 2 aromatic rings. The Hall–Kier alpha value is -1.71. The zero-order chi connectivity index (χ0) is 13.4. The molecule has 1 unspecified atom stereocenters. The monoisotopic (exact) mass is 276 g/mol. The second-order valence-electron chi connectivity index (χ2n) is 4.52. The van der Waals surface area contributed by atoms with Gasteiger partial charge >= 0.3 is 0 Å². The van der Waals surface area contributed by atoms with E-state index >= 15 is 0 Å². The van der Waals surface area contributed by atoms with Gasteiger partial charge in [0, 0.05) is 5.02 Å². The highest BCUT2D eigenvalue weighted by molar-refractivity contribution is 6.31. The Morgan fingerprint density at radius 2 is 1.74 bits per heavy atom. The van der Waals surface area contributed by atoms with Crippen molar-refractivity contribution in [1.82, 2.24) is 0 Å².